The summed E-state index contributed by atoms with van der Waals surface area (Å²) in [6.07, 6.45) is 0. The second-order valence-electron chi connectivity index (χ2n) is 3.01. The molecule has 0 saturated carbocycles. The predicted molar refractivity (Wildman–Crippen MR) is 57.3 cm³/mol. The summed E-state index contributed by atoms with van der Waals surface area (Å²) in [6, 6.07) is 1.59. The molecule has 0 aliphatic heterocycles. The normalized spacial score (nSPS) is 10.0. The van der Waals surface area contributed by atoms with Crippen molar-refractivity contribution in [3.63, 3.8) is 0 Å². The van der Waals surface area contributed by atoms with Crippen LogP contribution in [-0.2, 0) is 0 Å². The largest absolute Gasteiger partial charge is 0.398 e. The average molecular weight is 259 g/mol. The number of nitrogens with one attached hydrogen (secondary N) is 1. The molecule has 1 aromatic carbocycles. The third-order valence-electron chi connectivity index (χ3n) is 2.25. The van der Waals surface area contributed by atoms with Crippen molar-refractivity contribution in [2.24, 2.45) is 0 Å². The molecule has 5 heteroatoms. The van der Waals surface area contributed by atoms with E-state index in [-0.39, 0.29) is 0 Å². The van der Waals surface area contributed by atoms with E-state index in [1.807, 2.05) is 6.92 Å². The maximum Gasteiger partial charge on any atom is 0.274 e. The zero-order valence-electron chi connectivity index (χ0n) is 7.89. The van der Waals surface area contributed by atoms with Gasteiger partial charge >= 0.3 is 0 Å². The SMILES string of the molecule is Cc1c(C(=O)NO)cc(Br)c(N)c1C. The number of hydrogen-bond donors (Lipinski definition) is 3. The van der Waals surface area contributed by atoms with E-state index >= 15 is 0 Å². The van der Waals surface area contributed by atoms with Crippen LogP contribution in [0.2, 0.25) is 0 Å². The van der Waals surface area contributed by atoms with Gasteiger partial charge < -0.3 is 5.73 Å². The number of halogens is 1. The van der Waals surface area contributed by atoms with Crippen molar-refractivity contribution >= 4 is 27.5 Å². The molecule has 0 unspecified atom stereocenters. The third kappa shape index (κ3) is 1.73. The van der Waals surface area contributed by atoms with Gasteiger partial charge in [0.2, 0.25) is 0 Å². The molecule has 1 amide bonds. The first kappa shape index (κ1) is 11.0. The molecule has 1 aromatic rings. The lowest BCUT2D eigenvalue weighted by molar-refractivity contribution is 0.0705. The summed E-state index contributed by atoms with van der Waals surface area (Å²) in [7, 11) is 0. The van der Waals surface area contributed by atoms with Crippen LogP contribution in [0.25, 0.3) is 0 Å². The highest BCUT2D eigenvalue weighted by atomic mass is 79.9. The molecule has 76 valence electrons. The van der Waals surface area contributed by atoms with Gasteiger partial charge in [-0.2, -0.15) is 0 Å². The minimum Gasteiger partial charge on any atom is -0.398 e. The Morgan fingerprint density at radius 3 is 2.57 bits per heavy atom. The number of carbonyl (C=O) groups is 1. The number of hydroxylamine groups is 1. The molecular formula is C9H11BrN2O2. The smallest absolute Gasteiger partial charge is 0.274 e. The van der Waals surface area contributed by atoms with Gasteiger partial charge in [0, 0.05) is 15.7 Å². The molecule has 0 fully saturated rings. The molecule has 4 nitrogen and oxygen atoms in total. The minimum absolute atomic E-state index is 0.408. The molecule has 0 saturated heterocycles. The Morgan fingerprint density at radius 1 is 1.50 bits per heavy atom. The van der Waals surface area contributed by atoms with Crippen molar-refractivity contribution in [3.05, 3.63) is 27.2 Å². The number of nitrogen functional groups attached to an aromatic ring is 1. The number of rotatable bonds is 1. The van der Waals surface area contributed by atoms with Crippen molar-refractivity contribution in [2.75, 3.05) is 5.73 Å². The number of hydrogen-bond acceptors (Lipinski definition) is 3. The van der Waals surface area contributed by atoms with Crippen LogP contribution in [0.15, 0.2) is 10.5 Å². The Morgan fingerprint density at radius 2 is 2.07 bits per heavy atom. The fraction of sp³-hybridized carbons (Fsp3) is 0.222. The predicted octanol–water partition coefficient (Wildman–Crippen LogP) is 1.77. The molecular weight excluding hydrogens is 248 g/mol. The lowest BCUT2D eigenvalue weighted by Gasteiger charge is -2.11. The van der Waals surface area contributed by atoms with Gasteiger partial charge in [0.1, 0.15) is 0 Å². The summed E-state index contributed by atoms with van der Waals surface area (Å²) in [5, 5.41) is 8.52. The Balaban J connectivity index is 3.40. The molecule has 0 atom stereocenters. The van der Waals surface area contributed by atoms with Crippen LogP contribution in [0.3, 0.4) is 0 Å². The van der Waals surface area contributed by atoms with Crippen molar-refractivity contribution in [3.8, 4) is 0 Å². The van der Waals surface area contributed by atoms with Crippen LogP contribution in [-0.4, -0.2) is 11.1 Å². The monoisotopic (exact) mass is 258 g/mol. The van der Waals surface area contributed by atoms with E-state index in [0.29, 0.717) is 15.7 Å². The zero-order valence-corrected chi connectivity index (χ0v) is 9.47. The first-order valence-corrected chi connectivity index (χ1v) is 4.78. The molecule has 0 aliphatic carbocycles. The second-order valence-corrected chi connectivity index (χ2v) is 3.86. The maximum absolute atomic E-state index is 11.2. The van der Waals surface area contributed by atoms with Gasteiger partial charge in [0.05, 0.1) is 0 Å². The van der Waals surface area contributed by atoms with Gasteiger partial charge in [-0.3, -0.25) is 10.0 Å². The third-order valence-corrected chi connectivity index (χ3v) is 2.90. The van der Waals surface area contributed by atoms with Crippen molar-refractivity contribution in [1.29, 1.82) is 0 Å². The number of benzene rings is 1. The highest BCUT2D eigenvalue weighted by Crippen LogP contribution is 2.28. The number of amides is 1. The molecule has 0 aromatic heterocycles. The first-order valence-electron chi connectivity index (χ1n) is 3.98. The fourth-order valence-electron chi connectivity index (χ4n) is 1.19. The van der Waals surface area contributed by atoms with Gasteiger partial charge in [-0.15, -0.1) is 0 Å². The van der Waals surface area contributed by atoms with Crippen LogP contribution < -0.4 is 11.2 Å². The quantitative estimate of drug-likeness (QED) is 0.408. The standard InChI is InChI=1S/C9H11BrN2O2/c1-4-5(2)8(11)7(10)3-6(4)9(13)12-14/h3,14H,11H2,1-2H3,(H,12,13). The van der Waals surface area contributed by atoms with E-state index in [1.165, 1.54) is 0 Å². The summed E-state index contributed by atoms with van der Waals surface area (Å²) in [5.41, 5.74) is 9.96. The highest BCUT2D eigenvalue weighted by molar-refractivity contribution is 9.10. The molecule has 0 aliphatic rings. The van der Waals surface area contributed by atoms with Crippen LogP contribution in [0.5, 0.6) is 0 Å². The van der Waals surface area contributed by atoms with E-state index in [0.717, 1.165) is 11.1 Å². The zero-order chi connectivity index (χ0) is 10.9. The Labute approximate surface area is 90.2 Å². The van der Waals surface area contributed by atoms with Crippen LogP contribution in [0.4, 0.5) is 5.69 Å². The van der Waals surface area contributed by atoms with E-state index in [2.05, 4.69) is 15.9 Å². The van der Waals surface area contributed by atoms with Gasteiger partial charge in [-0.05, 0) is 47.0 Å². The van der Waals surface area contributed by atoms with E-state index in [1.54, 1.807) is 18.5 Å². The molecule has 0 radical (unpaired) electrons. The molecule has 0 bridgehead atoms. The van der Waals surface area contributed by atoms with Crippen LogP contribution in [0, 0.1) is 13.8 Å². The summed E-state index contributed by atoms with van der Waals surface area (Å²) < 4.78 is 0.652. The molecule has 14 heavy (non-hydrogen) atoms. The molecule has 0 heterocycles. The summed E-state index contributed by atoms with van der Waals surface area (Å²) in [5.74, 6) is -0.536. The Bertz CT molecular complexity index is 391. The molecule has 4 N–H and O–H groups in total. The van der Waals surface area contributed by atoms with Crippen molar-refractivity contribution < 1.29 is 10.0 Å². The van der Waals surface area contributed by atoms with E-state index in [4.69, 9.17) is 10.9 Å². The topological polar surface area (TPSA) is 75.3 Å². The lowest BCUT2D eigenvalue weighted by Crippen LogP contribution is -2.20. The van der Waals surface area contributed by atoms with Crippen LogP contribution >= 0.6 is 15.9 Å². The minimum atomic E-state index is -0.536. The van der Waals surface area contributed by atoms with Crippen molar-refractivity contribution in [2.45, 2.75) is 13.8 Å². The van der Waals surface area contributed by atoms with Crippen LogP contribution in [0.1, 0.15) is 21.5 Å². The molecule has 0 spiro atoms. The summed E-state index contributed by atoms with van der Waals surface area (Å²) in [6.45, 7) is 3.60. The van der Waals surface area contributed by atoms with E-state index in [9.17, 15) is 4.79 Å². The lowest BCUT2D eigenvalue weighted by atomic mass is 10.0. The summed E-state index contributed by atoms with van der Waals surface area (Å²) >= 11 is 3.24. The van der Waals surface area contributed by atoms with Gasteiger partial charge in [-0.25, -0.2) is 5.48 Å². The molecule has 1 rings (SSSR count). The van der Waals surface area contributed by atoms with Gasteiger partial charge in [-0.1, -0.05) is 0 Å². The van der Waals surface area contributed by atoms with Gasteiger partial charge in [0.15, 0.2) is 0 Å². The Kier molecular flexibility index (Phi) is 3.13. The Hall–Kier alpha value is -1.07. The van der Waals surface area contributed by atoms with Gasteiger partial charge in [0.25, 0.3) is 5.91 Å². The van der Waals surface area contributed by atoms with E-state index < -0.39 is 5.91 Å². The maximum atomic E-state index is 11.2. The number of nitrogens with two attached hydrogens (primary N) is 1. The highest BCUT2D eigenvalue weighted by Gasteiger charge is 2.13. The second kappa shape index (κ2) is 3.98. The number of anilines is 1. The average Bonchev–Trinajstić information content (AvgIpc) is 2.19. The number of carbonyl (C=O) groups excluding carboxylic acids is 1. The first-order chi connectivity index (χ1) is 6.49. The van der Waals surface area contributed by atoms with Crippen molar-refractivity contribution in [1.82, 2.24) is 5.48 Å². The fourth-order valence-corrected chi connectivity index (χ4v) is 1.72. The summed E-state index contributed by atoms with van der Waals surface area (Å²) in [4.78, 5) is 11.2.